The average molecular weight is 345 g/mol. The molecule has 0 bridgehead atoms. The van der Waals surface area contributed by atoms with Crippen LogP contribution < -0.4 is 15.0 Å². The first-order valence-electron chi connectivity index (χ1n) is 8.02. The first-order chi connectivity index (χ1) is 11.7. The molecule has 3 heterocycles. The molecule has 2 aliphatic heterocycles. The Hall–Kier alpha value is -2.35. The van der Waals surface area contributed by atoms with Crippen LogP contribution in [0.1, 0.15) is 12.0 Å². The van der Waals surface area contributed by atoms with Gasteiger partial charge in [0.15, 0.2) is 0 Å². The molecule has 126 valence electrons. The van der Waals surface area contributed by atoms with Gasteiger partial charge in [0.1, 0.15) is 0 Å². The largest absolute Gasteiger partial charge is 0.472 e. The Labute approximate surface area is 144 Å². The van der Waals surface area contributed by atoms with Gasteiger partial charge in [-0.05, 0) is 35.8 Å². The van der Waals surface area contributed by atoms with Crippen LogP contribution in [-0.4, -0.2) is 53.9 Å². The number of amides is 2. The number of methoxy groups -OCH3 is 1. The molecule has 0 radical (unpaired) electrons. The van der Waals surface area contributed by atoms with Gasteiger partial charge in [0.2, 0.25) is 5.13 Å². The maximum atomic E-state index is 12.6. The number of anilines is 2. The van der Waals surface area contributed by atoms with Gasteiger partial charge in [-0.15, -0.1) is 5.10 Å². The third-order valence-electron chi connectivity index (χ3n) is 4.54. The highest BCUT2D eigenvalue weighted by Crippen LogP contribution is 2.33. The van der Waals surface area contributed by atoms with E-state index in [0.717, 1.165) is 32.5 Å². The highest BCUT2D eigenvalue weighted by atomic mass is 32.1. The molecule has 1 saturated heterocycles. The lowest BCUT2D eigenvalue weighted by Crippen LogP contribution is -2.43. The molecule has 2 amide bonds. The second-order valence-electron chi connectivity index (χ2n) is 5.99. The van der Waals surface area contributed by atoms with E-state index in [1.54, 1.807) is 0 Å². The number of aromatic nitrogens is 2. The lowest BCUT2D eigenvalue weighted by Gasteiger charge is -2.27. The number of nitrogens with zero attached hydrogens (tertiary/aromatic N) is 4. The predicted molar refractivity (Wildman–Crippen MR) is 92.9 cm³/mol. The van der Waals surface area contributed by atoms with E-state index in [1.165, 1.54) is 29.7 Å². The number of hydrogen-bond acceptors (Lipinski definition) is 6. The molecule has 2 aromatic rings. The van der Waals surface area contributed by atoms with Gasteiger partial charge in [0.25, 0.3) is 5.19 Å². The summed E-state index contributed by atoms with van der Waals surface area (Å²) in [4.78, 5) is 16.9. The van der Waals surface area contributed by atoms with Crippen molar-refractivity contribution < 1.29 is 9.53 Å². The molecule has 1 aromatic heterocycles. The highest BCUT2D eigenvalue weighted by molar-refractivity contribution is 7.17. The van der Waals surface area contributed by atoms with Crippen LogP contribution in [0.2, 0.25) is 0 Å². The van der Waals surface area contributed by atoms with Gasteiger partial charge in [0, 0.05) is 25.3 Å². The van der Waals surface area contributed by atoms with E-state index in [4.69, 9.17) is 4.74 Å². The van der Waals surface area contributed by atoms with Crippen LogP contribution in [0.3, 0.4) is 0 Å². The smallest absolute Gasteiger partial charge is 0.323 e. The van der Waals surface area contributed by atoms with Crippen LogP contribution in [-0.2, 0) is 6.42 Å². The van der Waals surface area contributed by atoms with Crippen LogP contribution in [0.25, 0.3) is 0 Å². The van der Waals surface area contributed by atoms with Crippen LogP contribution in [0.15, 0.2) is 24.3 Å². The summed E-state index contributed by atoms with van der Waals surface area (Å²) >= 11 is 1.23. The molecule has 0 spiro atoms. The topological polar surface area (TPSA) is 70.6 Å². The Kier molecular flexibility index (Phi) is 3.97. The van der Waals surface area contributed by atoms with E-state index in [-0.39, 0.29) is 6.03 Å². The van der Waals surface area contributed by atoms with Crippen molar-refractivity contribution in [2.24, 2.45) is 0 Å². The Morgan fingerprint density at radius 2 is 2.21 bits per heavy atom. The number of carbonyl (C=O) groups is 1. The zero-order chi connectivity index (χ0) is 16.5. The van der Waals surface area contributed by atoms with Crippen molar-refractivity contribution in [3.05, 3.63) is 29.8 Å². The molecule has 7 nitrogen and oxygen atoms in total. The van der Waals surface area contributed by atoms with E-state index < -0.39 is 0 Å². The molecule has 4 rings (SSSR count). The van der Waals surface area contributed by atoms with Crippen LogP contribution in [0.4, 0.5) is 15.6 Å². The molecule has 0 saturated carbocycles. The van der Waals surface area contributed by atoms with Crippen molar-refractivity contribution in [3.63, 3.8) is 0 Å². The van der Waals surface area contributed by atoms with E-state index in [9.17, 15) is 4.79 Å². The van der Waals surface area contributed by atoms with Crippen LogP contribution in [0.5, 0.6) is 5.19 Å². The SMILES string of the molecule is COc1nnc(NC(=O)N2CCCN3c4ccccc4C[C@H]3C2)s1. The number of urea groups is 1. The lowest BCUT2D eigenvalue weighted by molar-refractivity contribution is 0.211. The number of hydrogen-bond donors (Lipinski definition) is 1. The fraction of sp³-hybridized carbons (Fsp3) is 0.438. The summed E-state index contributed by atoms with van der Waals surface area (Å²) < 4.78 is 5.01. The first kappa shape index (κ1) is 15.2. The number of nitrogens with one attached hydrogen (secondary N) is 1. The molecule has 0 aliphatic carbocycles. The van der Waals surface area contributed by atoms with Crippen molar-refractivity contribution in [3.8, 4) is 5.19 Å². The Balaban J connectivity index is 1.45. The molecule has 1 aromatic carbocycles. The molecule has 1 atom stereocenters. The summed E-state index contributed by atoms with van der Waals surface area (Å²) in [5.41, 5.74) is 2.69. The third kappa shape index (κ3) is 2.77. The summed E-state index contributed by atoms with van der Waals surface area (Å²) in [5.74, 6) is 0. The van der Waals surface area contributed by atoms with Crippen molar-refractivity contribution in [1.82, 2.24) is 15.1 Å². The number of fused-ring (bicyclic) bond motifs is 3. The monoisotopic (exact) mass is 345 g/mol. The van der Waals surface area contributed by atoms with Gasteiger partial charge in [-0.25, -0.2) is 4.79 Å². The van der Waals surface area contributed by atoms with E-state index in [1.807, 2.05) is 4.90 Å². The number of ether oxygens (including phenoxy) is 1. The summed E-state index contributed by atoms with van der Waals surface area (Å²) in [6.07, 6.45) is 1.95. The second kappa shape index (κ2) is 6.27. The Bertz CT molecular complexity index is 750. The second-order valence-corrected chi connectivity index (χ2v) is 6.93. The minimum absolute atomic E-state index is 0.119. The van der Waals surface area contributed by atoms with Crippen molar-refractivity contribution in [2.75, 3.05) is 37.0 Å². The number of rotatable bonds is 2. The minimum atomic E-state index is -0.119. The first-order valence-corrected chi connectivity index (χ1v) is 8.84. The summed E-state index contributed by atoms with van der Waals surface area (Å²) in [7, 11) is 1.53. The minimum Gasteiger partial charge on any atom is -0.472 e. The molecular formula is C16H19N5O2S. The fourth-order valence-corrected chi connectivity index (χ4v) is 4.02. The van der Waals surface area contributed by atoms with Crippen LogP contribution in [0, 0.1) is 0 Å². The molecule has 8 heteroatoms. The third-order valence-corrected chi connectivity index (χ3v) is 5.34. The predicted octanol–water partition coefficient (Wildman–Crippen LogP) is 2.22. The van der Waals surface area contributed by atoms with Gasteiger partial charge in [-0.2, -0.15) is 0 Å². The van der Waals surface area contributed by atoms with Crippen molar-refractivity contribution in [2.45, 2.75) is 18.9 Å². The summed E-state index contributed by atoms with van der Waals surface area (Å²) in [5, 5.41) is 11.5. The van der Waals surface area contributed by atoms with E-state index >= 15 is 0 Å². The normalized spacial score (nSPS) is 19.5. The van der Waals surface area contributed by atoms with Gasteiger partial charge < -0.3 is 14.5 Å². The van der Waals surface area contributed by atoms with E-state index in [2.05, 4.69) is 44.7 Å². The van der Waals surface area contributed by atoms with Gasteiger partial charge in [0.05, 0.1) is 13.2 Å². The number of benzene rings is 1. The maximum Gasteiger partial charge on any atom is 0.323 e. The number of carbonyl (C=O) groups excluding carboxylic acids is 1. The van der Waals surface area contributed by atoms with Crippen molar-refractivity contribution >= 4 is 28.2 Å². The van der Waals surface area contributed by atoms with Crippen molar-refractivity contribution in [1.29, 1.82) is 0 Å². The molecule has 1 N–H and O–H groups in total. The summed E-state index contributed by atoms with van der Waals surface area (Å²) in [6.45, 7) is 2.45. The summed E-state index contributed by atoms with van der Waals surface area (Å²) in [6, 6.07) is 8.75. The quantitative estimate of drug-likeness (QED) is 0.904. The molecule has 1 fully saturated rings. The molecule has 24 heavy (non-hydrogen) atoms. The molecular weight excluding hydrogens is 326 g/mol. The maximum absolute atomic E-state index is 12.6. The van der Waals surface area contributed by atoms with Gasteiger partial charge in [-0.3, -0.25) is 5.32 Å². The Morgan fingerprint density at radius 3 is 3.04 bits per heavy atom. The average Bonchev–Trinajstić information content (AvgIpc) is 3.12. The Morgan fingerprint density at radius 1 is 1.33 bits per heavy atom. The highest BCUT2D eigenvalue weighted by Gasteiger charge is 2.33. The zero-order valence-corrected chi connectivity index (χ0v) is 14.3. The standard InChI is InChI=1S/C16H19N5O2S/c1-23-16-19-18-14(24-16)17-15(22)20-7-4-8-21-12(10-20)9-11-5-2-3-6-13(11)21/h2-3,5-6,12H,4,7-10H2,1H3,(H,17,18,22)/t12-/m0/s1. The molecule has 0 unspecified atom stereocenters. The molecule has 2 aliphatic rings. The lowest BCUT2D eigenvalue weighted by atomic mass is 10.1. The van der Waals surface area contributed by atoms with Crippen LogP contribution >= 0.6 is 11.3 Å². The van der Waals surface area contributed by atoms with Gasteiger partial charge in [-0.1, -0.05) is 23.3 Å². The van der Waals surface area contributed by atoms with E-state index in [0.29, 0.717) is 16.4 Å². The number of para-hydroxylation sites is 1. The van der Waals surface area contributed by atoms with Gasteiger partial charge >= 0.3 is 6.03 Å². The fourth-order valence-electron chi connectivity index (χ4n) is 3.47. The zero-order valence-electron chi connectivity index (χ0n) is 13.4.